The van der Waals surface area contributed by atoms with Crippen molar-refractivity contribution >= 4 is 17.5 Å². The molecule has 184 valence electrons. The van der Waals surface area contributed by atoms with Crippen LogP contribution in [0.1, 0.15) is 56.0 Å². The van der Waals surface area contributed by atoms with Crippen LogP contribution < -0.4 is 22.3 Å². The Kier molecular flexibility index (Phi) is 8.44. The SMILES string of the molecule is CCn1c(=O)c(C(=O)CN2CCCC[C@@H]2C(=O)NCC(C)C)c(N)n(Cc2ccccc2)c1=O. The molecule has 2 aromatic rings. The second-order valence-electron chi connectivity index (χ2n) is 9.21. The second kappa shape index (κ2) is 11.3. The zero-order valence-corrected chi connectivity index (χ0v) is 20.3. The van der Waals surface area contributed by atoms with Gasteiger partial charge in [0.15, 0.2) is 5.78 Å². The Bertz CT molecular complexity index is 1140. The summed E-state index contributed by atoms with van der Waals surface area (Å²) >= 11 is 0. The molecule has 0 radical (unpaired) electrons. The molecule has 0 saturated carbocycles. The fraction of sp³-hybridized carbons (Fsp3) is 0.520. The highest BCUT2D eigenvalue weighted by Gasteiger charge is 2.32. The smallest absolute Gasteiger partial charge is 0.332 e. The van der Waals surface area contributed by atoms with Gasteiger partial charge in [-0.15, -0.1) is 0 Å². The average Bonchev–Trinajstić information content (AvgIpc) is 2.81. The number of likely N-dealkylation sites (tertiary alicyclic amines) is 1. The van der Waals surface area contributed by atoms with E-state index in [-0.39, 0.29) is 36.9 Å². The lowest BCUT2D eigenvalue weighted by molar-refractivity contribution is -0.127. The summed E-state index contributed by atoms with van der Waals surface area (Å²) in [5.41, 5.74) is 5.68. The van der Waals surface area contributed by atoms with Crippen molar-refractivity contribution in [3.05, 3.63) is 62.3 Å². The van der Waals surface area contributed by atoms with E-state index in [0.29, 0.717) is 25.4 Å². The monoisotopic (exact) mass is 469 g/mol. The first-order chi connectivity index (χ1) is 16.2. The van der Waals surface area contributed by atoms with Crippen molar-refractivity contribution < 1.29 is 9.59 Å². The summed E-state index contributed by atoms with van der Waals surface area (Å²) in [7, 11) is 0. The minimum absolute atomic E-state index is 0.103. The number of aromatic nitrogens is 2. The highest BCUT2D eigenvalue weighted by atomic mass is 16.2. The molecule has 1 fully saturated rings. The minimum Gasteiger partial charge on any atom is -0.384 e. The normalized spacial score (nSPS) is 16.5. The number of nitrogen functional groups attached to an aromatic ring is 1. The molecule has 1 aliphatic rings. The highest BCUT2D eigenvalue weighted by Crippen LogP contribution is 2.19. The number of nitrogens with two attached hydrogens (primary N) is 1. The van der Waals surface area contributed by atoms with Gasteiger partial charge in [-0.2, -0.15) is 0 Å². The number of ketones is 1. The number of piperidine rings is 1. The van der Waals surface area contributed by atoms with Gasteiger partial charge in [0.1, 0.15) is 11.4 Å². The van der Waals surface area contributed by atoms with Crippen LogP contribution in [0.15, 0.2) is 39.9 Å². The first-order valence-corrected chi connectivity index (χ1v) is 12.0. The standard InChI is InChI=1S/C25H35N5O4/c1-4-29-24(33)21(22(26)30(25(29)34)15-18-10-6-5-7-11-18)20(31)16-28-13-9-8-12-19(28)23(32)27-14-17(2)3/h5-7,10-11,17,19H,4,8-9,12-16,26H2,1-3H3,(H,27,32)/t19-/m1/s1. The van der Waals surface area contributed by atoms with E-state index in [1.54, 1.807) is 6.92 Å². The van der Waals surface area contributed by atoms with Crippen molar-refractivity contribution in [2.75, 3.05) is 25.4 Å². The maximum Gasteiger partial charge on any atom is 0.332 e. The van der Waals surface area contributed by atoms with E-state index in [1.165, 1.54) is 4.57 Å². The summed E-state index contributed by atoms with van der Waals surface area (Å²) in [6.45, 7) is 7.04. The number of carbonyl (C=O) groups excluding carboxylic acids is 2. The van der Waals surface area contributed by atoms with Crippen molar-refractivity contribution in [1.29, 1.82) is 0 Å². The van der Waals surface area contributed by atoms with Crippen LogP contribution >= 0.6 is 0 Å². The number of nitrogens with one attached hydrogen (secondary N) is 1. The van der Waals surface area contributed by atoms with E-state index in [4.69, 9.17) is 5.73 Å². The fourth-order valence-electron chi connectivity index (χ4n) is 4.34. The Labute approximate surface area is 199 Å². The van der Waals surface area contributed by atoms with E-state index in [2.05, 4.69) is 5.32 Å². The molecule has 0 bridgehead atoms. The summed E-state index contributed by atoms with van der Waals surface area (Å²) in [5.74, 6) is -0.392. The summed E-state index contributed by atoms with van der Waals surface area (Å²) in [5, 5.41) is 2.95. The van der Waals surface area contributed by atoms with E-state index in [0.717, 1.165) is 23.0 Å². The van der Waals surface area contributed by atoms with E-state index >= 15 is 0 Å². The van der Waals surface area contributed by atoms with E-state index in [9.17, 15) is 19.2 Å². The topological polar surface area (TPSA) is 119 Å². The number of carbonyl (C=O) groups is 2. The first kappa shape index (κ1) is 25.4. The zero-order valence-electron chi connectivity index (χ0n) is 20.3. The molecule has 9 heteroatoms. The van der Waals surface area contributed by atoms with Gasteiger partial charge in [0, 0.05) is 13.1 Å². The lowest BCUT2D eigenvalue weighted by atomic mass is 10.00. The molecule has 1 amide bonds. The summed E-state index contributed by atoms with van der Waals surface area (Å²) in [6.07, 6.45) is 2.42. The first-order valence-electron chi connectivity index (χ1n) is 12.0. The molecule has 9 nitrogen and oxygen atoms in total. The molecule has 3 rings (SSSR count). The number of rotatable bonds is 9. The van der Waals surface area contributed by atoms with E-state index in [1.807, 2.05) is 49.1 Å². The van der Waals surface area contributed by atoms with Gasteiger partial charge in [0.25, 0.3) is 5.56 Å². The fourth-order valence-corrected chi connectivity index (χ4v) is 4.34. The third-order valence-corrected chi connectivity index (χ3v) is 6.19. The van der Waals surface area contributed by atoms with Gasteiger partial charge >= 0.3 is 5.69 Å². The molecule has 0 aliphatic carbocycles. The molecular weight excluding hydrogens is 434 g/mol. The number of Topliss-reactive ketones (excluding diaryl/α,β-unsaturated/α-hetero) is 1. The van der Waals surface area contributed by atoms with Crippen LogP contribution in [0.3, 0.4) is 0 Å². The van der Waals surface area contributed by atoms with Crippen molar-refractivity contribution in [2.45, 2.75) is 59.2 Å². The Balaban J connectivity index is 1.92. The lowest BCUT2D eigenvalue weighted by Crippen LogP contribution is -2.52. The van der Waals surface area contributed by atoms with Gasteiger partial charge in [0.2, 0.25) is 5.91 Å². The van der Waals surface area contributed by atoms with Crippen molar-refractivity contribution in [3.63, 3.8) is 0 Å². The van der Waals surface area contributed by atoms with Crippen LogP contribution in [0.25, 0.3) is 0 Å². The van der Waals surface area contributed by atoms with Gasteiger partial charge < -0.3 is 11.1 Å². The summed E-state index contributed by atoms with van der Waals surface area (Å²) in [4.78, 5) is 54.0. The molecule has 1 saturated heterocycles. The molecule has 1 aromatic carbocycles. The molecule has 3 N–H and O–H groups in total. The largest absolute Gasteiger partial charge is 0.384 e. The maximum atomic E-state index is 13.4. The van der Waals surface area contributed by atoms with Crippen LogP contribution in [0, 0.1) is 5.92 Å². The van der Waals surface area contributed by atoms with Crippen molar-refractivity contribution in [3.8, 4) is 0 Å². The number of benzene rings is 1. The molecule has 1 aliphatic heterocycles. The van der Waals surface area contributed by atoms with Crippen LogP contribution in [0.2, 0.25) is 0 Å². The minimum atomic E-state index is -0.683. The Hall–Kier alpha value is -3.20. The second-order valence-corrected chi connectivity index (χ2v) is 9.21. The van der Waals surface area contributed by atoms with Crippen LogP contribution in [0.5, 0.6) is 0 Å². The molecule has 0 spiro atoms. The number of hydrogen-bond donors (Lipinski definition) is 2. The summed E-state index contributed by atoms with van der Waals surface area (Å²) < 4.78 is 2.31. The molecule has 1 aromatic heterocycles. The Morgan fingerprint density at radius 3 is 2.47 bits per heavy atom. The zero-order chi connectivity index (χ0) is 24.8. The maximum absolute atomic E-state index is 13.4. The molecular formula is C25H35N5O4. The van der Waals surface area contributed by atoms with E-state index < -0.39 is 23.1 Å². The van der Waals surface area contributed by atoms with Crippen LogP contribution in [0.4, 0.5) is 5.82 Å². The predicted molar refractivity (Wildman–Crippen MR) is 132 cm³/mol. The number of nitrogens with zero attached hydrogens (tertiary/aromatic N) is 3. The van der Waals surface area contributed by atoms with Crippen molar-refractivity contribution in [2.24, 2.45) is 5.92 Å². The molecule has 34 heavy (non-hydrogen) atoms. The molecule has 2 heterocycles. The Morgan fingerprint density at radius 2 is 1.82 bits per heavy atom. The average molecular weight is 470 g/mol. The van der Waals surface area contributed by atoms with Gasteiger partial charge in [-0.1, -0.05) is 50.6 Å². The lowest BCUT2D eigenvalue weighted by Gasteiger charge is -2.34. The van der Waals surface area contributed by atoms with Crippen molar-refractivity contribution in [1.82, 2.24) is 19.4 Å². The number of hydrogen-bond acceptors (Lipinski definition) is 6. The van der Waals surface area contributed by atoms with Gasteiger partial charge in [-0.3, -0.25) is 28.4 Å². The Morgan fingerprint density at radius 1 is 1.12 bits per heavy atom. The third-order valence-electron chi connectivity index (χ3n) is 6.19. The quantitative estimate of drug-likeness (QED) is 0.537. The number of anilines is 1. The predicted octanol–water partition coefficient (Wildman–Crippen LogP) is 1.47. The van der Waals surface area contributed by atoms with Gasteiger partial charge in [0.05, 0.1) is 19.1 Å². The number of amides is 1. The van der Waals surface area contributed by atoms with Crippen LogP contribution in [-0.4, -0.2) is 51.4 Å². The van der Waals surface area contributed by atoms with Gasteiger partial charge in [-0.25, -0.2) is 4.79 Å². The summed E-state index contributed by atoms with van der Waals surface area (Å²) in [6, 6.07) is 8.83. The molecule has 1 atom stereocenters. The third kappa shape index (κ3) is 5.64. The van der Waals surface area contributed by atoms with Gasteiger partial charge in [-0.05, 0) is 37.8 Å². The highest BCUT2D eigenvalue weighted by molar-refractivity contribution is 6.01. The molecule has 0 unspecified atom stereocenters. The van der Waals surface area contributed by atoms with Crippen LogP contribution in [-0.2, 0) is 17.9 Å².